The molecule has 0 aromatic carbocycles. The van der Waals surface area contributed by atoms with Gasteiger partial charge in [-0.2, -0.15) is 0 Å². The molecule has 0 amide bonds. The number of anilines is 1. The second-order valence-corrected chi connectivity index (χ2v) is 6.69. The third-order valence-electron chi connectivity index (χ3n) is 4.22. The molecule has 1 aliphatic heterocycles. The van der Waals surface area contributed by atoms with Crippen LogP contribution in [0.5, 0.6) is 0 Å². The van der Waals surface area contributed by atoms with E-state index in [9.17, 15) is 0 Å². The van der Waals surface area contributed by atoms with Gasteiger partial charge >= 0.3 is 0 Å². The first kappa shape index (κ1) is 14.4. The Balaban J connectivity index is 1.61. The summed E-state index contributed by atoms with van der Waals surface area (Å²) in [6.07, 6.45) is 4.44. The van der Waals surface area contributed by atoms with Gasteiger partial charge in [-0.15, -0.1) is 11.3 Å². The molecule has 6 heteroatoms. The summed E-state index contributed by atoms with van der Waals surface area (Å²) in [6.45, 7) is 6.08. The molecule has 1 saturated heterocycles. The van der Waals surface area contributed by atoms with Gasteiger partial charge < -0.3 is 9.42 Å². The van der Waals surface area contributed by atoms with Crippen LogP contribution in [0.25, 0.3) is 21.8 Å². The van der Waals surface area contributed by atoms with E-state index in [4.69, 9.17) is 9.51 Å². The van der Waals surface area contributed by atoms with E-state index in [1.807, 2.05) is 20.0 Å². The largest absolute Gasteiger partial charge is 0.361 e. The van der Waals surface area contributed by atoms with Crippen molar-refractivity contribution < 1.29 is 4.52 Å². The average Bonchev–Trinajstić information content (AvgIpc) is 3.29. The molecule has 118 valence electrons. The molecule has 0 saturated carbocycles. The van der Waals surface area contributed by atoms with Gasteiger partial charge in [0.15, 0.2) is 0 Å². The quantitative estimate of drug-likeness (QED) is 0.726. The topological polar surface area (TPSA) is 55.1 Å². The summed E-state index contributed by atoms with van der Waals surface area (Å²) >= 11 is 1.62. The van der Waals surface area contributed by atoms with Crippen molar-refractivity contribution in [2.24, 2.45) is 0 Å². The van der Waals surface area contributed by atoms with Crippen molar-refractivity contribution in [2.45, 2.75) is 26.7 Å². The molecule has 1 fully saturated rings. The van der Waals surface area contributed by atoms with E-state index in [2.05, 4.69) is 32.6 Å². The van der Waals surface area contributed by atoms with Crippen LogP contribution in [-0.4, -0.2) is 28.2 Å². The molecule has 0 radical (unpaired) electrons. The molecule has 3 aromatic rings. The smallest absolute Gasteiger partial charge is 0.143 e. The fourth-order valence-electron chi connectivity index (χ4n) is 3.02. The van der Waals surface area contributed by atoms with E-state index >= 15 is 0 Å². The number of hydrogen-bond donors (Lipinski definition) is 0. The highest BCUT2D eigenvalue weighted by molar-refractivity contribution is 7.13. The monoisotopic (exact) mass is 326 g/mol. The maximum Gasteiger partial charge on any atom is 0.143 e. The molecule has 0 spiro atoms. The third kappa shape index (κ3) is 2.63. The molecular formula is C17H18N4OS. The van der Waals surface area contributed by atoms with Crippen LogP contribution < -0.4 is 4.90 Å². The molecular weight excluding hydrogens is 308 g/mol. The van der Waals surface area contributed by atoms with E-state index < -0.39 is 0 Å². The summed E-state index contributed by atoms with van der Waals surface area (Å²) in [6, 6.07) is 4.20. The Kier molecular flexibility index (Phi) is 3.61. The Morgan fingerprint density at radius 2 is 2.00 bits per heavy atom. The Morgan fingerprint density at radius 3 is 2.65 bits per heavy atom. The summed E-state index contributed by atoms with van der Waals surface area (Å²) < 4.78 is 5.23. The van der Waals surface area contributed by atoms with E-state index in [1.54, 1.807) is 11.3 Å². The minimum atomic E-state index is 0.807. The first-order valence-electron chi connectivity index (χ1n) is 7.82. The number of aryl methyl sites for hydroxylation is 2. The SMILES string of the molecule is Cc1noc(C)c1-c1csc(-c2ccc(N3CCCC3)nc2)n1. The zero-order valence-corrected chi connectivity index (χ0v) is 14.1. The van der Waals surface area contributed by atoms with Crippen LogP contribution in [0.3, 0.4) is 0 Å². The minimum Gasteiger partial charge on any atom is -0.361 e. The highest BCUT2D eigenvalue weighted by Crippen LogP contribution is 2.32. The molecule has 0 unspecified atom stereocenters. The van der Waals surface area contributed by atoms with Crippen LogP contribution in [-0.2, 0) is 0 Å². The van der Waals surface area contributed by atoms with Crippen LogP contribution >= 0.6 is 11.3 Å². The second kappa shape index (κ2) is 5.77. The molecule has 0 bridgehead atoms. The van der Waals surface area contributed by atoms with Gasteiger partial charge in [-0.25, -0.2) is 9.97 Å². The first-order chi connectivity index (χ1) is 11.2. The van der Waals surface area contributed by atoms with Crippen molar-refractivity contribution in [2.75, 3.05) is 18.0 Å². The highest BCUT2D eigenvalue weighted by Gasteiger charge is 2.16. The Labute approximate surface area is 139 Å². The zero-order valence-electron chi connectivity index (χ0n) is 13.2. The van der Waals surface area contributed by atoms with E-state index in [-0.39, 0.29) is 0 Å². The van der Waals surface area contributed by atoms with Crippen molar-refractivity contribution in [1.29, 1.82) is 0 Å². The molecule has 0 N–H and O–H groups in total. The predicted molar refractivity (Wildman–Crippen MR) is 91.8 cm³/mol. The number of nitrogens with zero attached hydrogens (tertiary/aromatic N) is 4. The minimum absolute atomic E-state index is 0.807. The molecule has 4 heterocycles. The lowest BCUT2D eigenvalue weighted by Gasteiger charge is -2.15. The molecule has 1 aliphatic rings. The van der Waals surface area contributed by atoms with Gasteiger partial charge in [0.2, 0.25) is 0 Å². The second-order valence-electron chi connectivity index (χ2n) is 5.84. The van der Waals surface area contributed by atoms with Crippen molar-refractivity contribution >= 4 is 17.2 Å². The lowest BCUT2D eigenvalue weighted by molar-refractivity contribution is 0.393. The van der Waals surface area contributed by atoms with Gasteiger partial charge in [-0.3, -0.25) is 0 Å². The van der Waals surface area contributed by atoms with Gasteiger partial charge in [-0.05, 0) is 38.8 Å². The zero-order chi connectivity index (χ0) is 15.8. The molecule has 0 aliphatic carbocycles. The maximum absolute atomic E-state index is 5.23. The Morgan fingerprint density at radius 1 is 1.17 bits per heavy atom. The standard InChI is InChI=1S/C17H18N4OS/c1-11-16(12(2)22-20-11)14-10-23-17(19-14)13-5-6-15(18-9-13)21-7-3-4-8-21/h5-6,9-10H,3-4,7-8H2,1-2H3. The summed E-state index contributed by atoms with van der Waals surface area (Å²) in [7, 11) is 0. The fraction of sp³-hybridized carbons (Fsp3) is 0.353. The van der Waals surface area contributed by atoms with Crippen LogP contribution in [0, 0.1) is 13.8 Å². The number of rotatable bonds is 3. The normalized spacial score (nSPS) is 14.6. The lowest BCUT2D eigenvalue weighted by atomic mass is 10.1. The summed E-state index contributed by atoms with van der Waals surface area (Å²) in [5.41, 5.74) is 3.84. The van der Waals surface area contributed by atoms with Crippen LogP contribution in [0.1, 0.15) is 24.3 Å². The van der Waals surface area contributed by atoms with Gasteiger partial charge in [0.05, 0.1) is 17.0 Å². The molecule has 0 atom stereocenters. The summed E-state index contributed by atoms with van der Waals surface area (Å²) in [5.74, 6) is 1.87. The molecule has 3 aromatic heterocycles. The van der Waals surface area contributed by atoms with Crippen molar-refractivity contribution in [3.8, 4) is 21.8 Å². The molecule has 23 heavy (non-hydrogen) atoms. The van der Waals surface area contributed by atoms with Gasteiger partial charge in [0, 0.05) is 30.2 Å². The average molecular weight is 326 g/mol. The van der Waals surface area contributed by atoms with Gasteiger partial charge in [0.25, 0.3) is 0 Å². The highest BCUT2D eigenvalue weighted by atomic mass is 32.1. The van der Waals surface area contributed by atoms with Crippen LogP contribution in [0.4, 0.5) is 5.82 Å². The summed E-state index contributed by atoms with van der Waals surface area (Å²) in [4.78, 5) is 11.7. The number of pyridine rings is 1. The first-order valence-corrected chi connectivity index (χ1v) is 8.70. The fourth-order valence-corrected chi connectivity index (χ4v) is 3.82. The number of hydrogen-bond acceptors (Lipinski definition) is 6. The lowest BCUT2D eigenvalue weighted by Crippen LogP contribution is -2.18. The molecule has 4 rings (SSSR count). The Hall–Kier alpha value is -2.21. The number of aromatic nitrogens is 3. The van der Waals surface area contributed by atoms with E-state index in [0.29, 0.717) is 0 Å². The van der Waals surface area contributed by atoms with Crippen molar-refractivity contribution in [3.63, 3.8) is 0 Å². The van der Waals surface area contributed by atoms with Gasteiger partial charge in [-0.1, -0.05) is 5.16 Å². The predicted octanol–water partition coefficient (Wildman–Crippen LogP) is 4.08. The maximum atomic E-state index is 5.23. The van der Waals surface area contributed by atoms with E-state index in [0.717, 1.165) is 52.2 Å². The summed E-state index contributed by atoms with van der Waals surface area (Å²) in [5, 5.41) is 7.03. The van der Waals surface area contributed by atoms with E-state index in [1.165, 1.54) is 12.8 Å². The third-order valence-corrected chi connectivity index (χ3v) is 5.11. The van der Waals surface area contributed by atoms with Crippen molar-refractivity contribution in [3.05, 3.63) is 35.2 Å². The van der Waals surface area contributed by atoms with Crippen molar-refractivity contribution in [1.82, 2.24) is 15.1 Å². The number of thiazole rings is 1. The van der Waals surface area contributed by atoms with Gasteiger partial charge in [0.1, 0.15) is 16.6 Å². The van der Waals surface area contributed by atoms with Crippen LogP contribution in [0.2, 0.25) is 0 Å². The molecule has 5 nitrogen and oxygen atoms in total. The van der Waals surface area contributed by atoms with Crippen LogP contribution in [0.15, 0.2) is 28.2 Å². The Bertz CT molecular complexity index is 796.